The van der Waals surface area contributed by atoms with Crippen molar-refractivity contribution >= 4 is 28.3 Å². The van der Waals surface area contributed by atoms with Crippen LogP contribution >= 0.6 is 0 Å². The van der Waals surface area contributed by atoms with E-state index in [1.165, 1.54) is 0 Å². The van der Waals surface area contributed by atoms with Gasteiger partial charge < -0.3 is 20.4 Å². The third kappa shape index (κ3) is 19.6. The van der Waals surface area contributed by atoms with Crippen LogP contribution in [0.25, 0.3) is 0 Å². The van der Waals surface area contributed by atoms with Crippen LogP contribution in [0, 0.1) is 0 Å². The van der Waals surface area contributed by atoms with Crippen LogP contribution in [0.4, 0.5) is 0 Å². The Morgan fingerprint density at radius 1 is 0.850 bits per heavy atom. The van der Waals surface area contributed by atoms with Gasteiger partial charge in [-0.25, -0.2) is 4.79 Å². The van der Waals surface area contributed by atoms with Crippen LogP contribution in [0.3, 0.4) is 0 Å². The average Bonchev–Trinajstić information content (AvgIpc) is 1.95. The Labute approximate surface area is 133 Å². The van der Waals surface area contributed by atoms with E-state index in [2.05, 4.69) is 0 Å². The summed E-state index contributed by atoms with van der Waals surface area (Å²) in [5.74, 6) is -5.02. The first-order valence-electron chi connectivity index (χ1n) is 3.87. The van der Waals surface area contributed by atoms with Crippen molar-refractivity contribution in [1.82, 2.24) is 0 Å². The van der Waals surface area contributed by atoms with E-state index in [0.29, 0.717) is 0 Å². The van der Waals surface area contributed by atoms with Crippen molar-refractivity contribution < 1.29 is 86.5 Å². The molecule has 0 rings (SSSR count). The maximum absolute atomic E-state index is 10.3. The summed E-state index contributed by atoms with van der Waals surface area (Å²) in [4.78, 5) is 30.5. The van der Waals surface area contributed by atoms with Crippen LogP contribution in [-0.2, 0) is 58.9 Å². The van der Waals surface area contributed by atoms with Crippen LogP contribution in [0.2, 0.25) is 0 Å². The predicted octanol–water partition coefficient (Wildman–Crippen LogP) is -1.91. The SMILES string of the molecule is O=C(O)CC(O)(CC(=O)O)C(=O)O.O=S(=O)(O)O.[Cu].[Cu]. The number of carbonyl (C=O) groups is 3. The molecule has 0 aromatic rings. The fourth-order valence-corrected chi connectivity index (χ4v) is 0.714. The molecule has 0 unspecified atom stereocenters. The normalized spacial score (nSPS) is 9.95. The molecule has 0 saturated carbocycles. The summed E-state index contributed by atoms with van der Waals surface area (Å²) in [6, 6.07) is 0. The quantitative estimate of drug-likeness (QED) is 0.215. The van der Waals surface area contributed by atoms with Gasteiger partial charge in [0, 0.05) is 34.1 Å². The monoisotopic (exact) mass is 416 g/mol. The molecule has 0 aromatic carbocycles. The average molecular weight is 417 g/mol. The van der Waals surface area contributed by atoms with Gasteiger partial charge in [-0.15, -0.1) is 0 Å². The molecule has 0 aliphatic heterocycles. The standard InChI is InChI=1S/C6H8O7.2Cu.H2O4S/c7-3(8)1-6(13,5(11)12)2-4(9)10;;;1-5(2,3)4/h13H,1-2H2,(H,7,8)(H,9,10)(H,11,12);;;(H2,1,2,3,4). The molecule has 0 atom stereocenters. The Morgan fingerprint density at radius 3 is 1.15 bits per heavy atom. The molecule has 14 heteroatoms. The summed E-state index contributed by atoms with van der Waals surface area (Å²) in [5, 5.41) is 33.8. The molecule has 0 bridgehead atoms. The molecule has 0 aromatic heterocycles. The number of hydrogen-bond donors (Lipinski definition) is 6. The van der Waals surface area contributed by atoms with Crippen molar-refractivity contribution in [2.24, 2.45) is 0 Å². The number of carboxylic acid groups (broad SMARTS) is 3. The minimum Gasteiger partial charge on any atom is -0.481 e. The molecule has 0 spiro atoms. The molecule has 0 fully saturated rings. The zero-order valence-corrected chi connectivity index (χ0v) is 11.8. The van der Waals surface area contributed by atoms with Crippen LogP contribution in [0.1, 0.15) is 12.8 Å². The minimum absolute atomic E-state index is 0. The van der Waals surface area contributed by atoms with E-state index in [0.717, 1.165) is 0 Å². The molecule has 0 aliphatic carbocycles. The molecular weight excluding hydrogens is 407 g/mol. The van der Waals surface area contributed by atoms with Crippen LogP contribution < -0.4 is 0 Å². The summed E-state index contributed by atoms with van der Waals surface area (Å²) < 4.78 is 31.6. The third-order valence-electron chi connectivity index (χ3n) is 1.29. The van der Waals surface area contributed by atoms with Gasteiger partial charge in [0.2, 0.25) is 0 Å². The second kappa shape index (κ2) is 11.0. The Kier molecular flexibility index (Phi) is 15.2. The molecule has 0 aliphatic rings. The molecule has 0 heterocycles. The van der Waals surface area contributed by atoms with E-state index >= 15 is 0 Å². The fourth-order valence-electron chi connectivity index (χ4n) is 0.714. The molecule has 0 amide bonds. The molecule has 11 nitrogen and oxygen atoms in total. The first-order valence-corrected chi connectivity index (χ1v) is 5.27. The third-order valence-corrected chi connectivity index (χ3v) is 1.29. The van der Waals surface area contributed by atoms with Gasteiger partial charge >= 0.3 is 28.3 Å². The van der Waals surface area contributed by atoms with Crippen molar-refractivity contribution in [2.45, 2.75) is 18.4 Å². The van der Waals surface area contributed by atoms with Crippen molar-refractivity contribution in [3.63, 3.8) is 0 Å². The van der Waals surface area contributed by atoms with Gasteiger partial charge in [-0.05, 0) is 0 Å². The van der Waals surface area contributed by atoms with Crippen LogP contribution in [-0.4, -0.2) is 61.5 Å². The van der Waals surface area contributed by atoms with Crippen molar-refractivity contribution in [3.8, 4) is 0 Å². The van der Waals surface area contributed by atoms with Gasteiger partial charge in [-0.1, -0.05) is 0 Å². The van der Waals surface area contributed by atoms with E-state index in [4.69, 9.17) is 37.9 Å². The Morgan fingerprint density at radius 2 is 1.05 bits per heavy atom. The van der Waals surface area contributed by atoms with Crippen molar-refractivity contribution in [2.75, 3.05) is 0 Å². The number of carboxylic acids is 3. The largest absolute Gasteiger partial charge is 0.481 e. The summed E-state index contributed by atoms with van der Waals surface area (Å²) in [5.41, 5.74) is -2.74. The maximum atomic E-state index is 10.3. The number of hydrogen-bond acceptors (Lipinski definition) is 6. The van der Waals surface area contributed by atoms with E-state index < -0.39 is 46.7 Å². The van der Waals surface area contributed by atoms with Gasteiger partial charge in [0.15, 0.2) is 5.60 Å². The van der Waals surface area contributed by atoms with Crippen LogP contribution in [0.15, 0.2) is 0 Å². The first kappa shape index (κ1) is 27.6. The predicted molar refractivity (Wildman–Crippen MR) is 51.3 cm³/mol. The molecule has 6 N–H and O–H groups in total. The van der Waals surface area contributed by atoms with Gasteiger partial charge in [-0.2, -0.15) is 8.42 Å². The van der Waals surface area contributed by atoms with Crippen molar-refractivity contribution in [3.05, 3.63) is 0 Å². The van der Waals surface area contributed by atoms with Gasteiger partial charge in [0.25, 0.3) is 0 Å². The topological polar surface area (TPSA) is 207 Å². The van der Waals surface area contributed by atoms with Gasteiger partial charge in [0.05, 0.1) is 12.8 Å². The van der Waals surface area contributed by atoms with E-state index in [9.17, 15) is 14.4 Å². The minimum atomic E-state index is -4.67. The summed E-state index contributed by atoms with van der Waals surface area (Å²) >= 11 is 0. The van der Waals surface area contributed by atoms with Crippen molar-refractivity contribution in [1.29, 1.82) is 0 Å². The Bertz CT molecular complexity index is 406. The van der Waals surface area contributed by atoms with E-state index in [1.54, 1.807) is 0 Å². The smallest absolute Gasteiger partial charge is 0.394 e. The summed E-state index contributed by atoms with van der Waals surface area (Å²) in [6.45, 7) is 0. The number of rotatable bonds is 5. The number of aliphatic carboxylic acids is 3. The zero-order valence-electron chi connectivity index (χ0n) is 9.15. The molecule has 128 valence electrons. The number of aliphatic hydroxyl groups is 1. The molecule has 20 heavy (non-hydrogen) atoms. The first-order chi connectivity index (χ1) is 7.78. The second-order valence-corrected chi connectivity index (χ2v) is 3.82. The van der Waals surface area contributed by atoms with Gasteiger partial charge in [0.1, 0.15) is 0 Å². The van der Waals surface area contributed by atoms with E-state index in [-0.39, 0.29) is 34.1 Å². The zero-order chi connectivity index (χ0) is 15.1. The Balaban J connectivity index is -0.000000158. The van der Waals surface area contributed by atoms with Crippen LogP contribution in [0.5, 0.6) is 0 Å². The summed E-state index contributed by atoms with van der Waals surface area (Å²) in [7, 11) is -4.67. The fraction of sp³-hybridized carbons (Fsp3) is 0.500. The van der Waals surface area contributed by atoms with Gasteiger partial charge in [-0.3, -0.25) is 18.7 Å². The van der Waals surface area contributed by atoms with E-state index in [1.807, 2.05) is 0 Å². The molecule has 2 radical (unpaired) electrons. The molecule has 0 saturated heterocycles. The maximum Gasteiger partial charge on any atom is 0.394 e. The second-order valence-electron chi connectivity index (χ2n) is 2.93. The molecular formula is C6H10Cu2O11S. The summed E-state index contributed by atoms with van der Waals surface area (Å²) in [6.07, 6.45) is -2.29. The Hall–Kier alpha value is -0.721.